The first kappa shape index (κ1) is 24.8. The molecule has 4 rings (SSSR count). The molecule has 2 aromatic rings. The van der Waals surface area contributed by atoms with E-state index >= 15 is 0 Å². The molecule has 0 saturated carbocycles. The Bertz CT molecular complexity index is 1120. The van der Waals surface area contributed by atoms with Crippen LogP contribution in [-0.4, -0.2) is 49.0 Å². The van der Waals surface area contributed by atoms with Gasteiger partial charge in [0.05, 0.1) is 24.8 Å². The molecule has 2 aromatic carbocycles. The maximum atomic E-state index is 13.3. The van der Waals surface area contributed by atoms with Crippen LogP contribution in [0.25, 0.3) is 0 Å². The van der Waals surface area contributed by atoms with Crippen molar-refractivity contribution in [3.8, 4) is 5.75 Å². The Morgan fingerprint density at radius 3 is 2.69 bits per heavy atom. The maximum absolute atomic E-state index is 13.3. The fourth-order valence-electron chi connectivity index (χ4n) is 4.62. The highest BCUT2D eigenvalue weighted by Gasteiger charge is 2.31. The number of rotatable bonds is 5. The van der Waals surface area contributed by atoms with Crippen LogP contribution >= 0.6 is 0 Å². The monoisotopic (exact) mass is 478 g/mol. The first-order valence-electron chi connectivity index (χ1n) is 12.3. The largest absolute Gasteiger partial charge is 0.482 e. The molecule has 0 spiro atoms. The van der Waals surface area contributed by atoms with E-state index in [1.807, 2.05) is 36.4 Å². The summed E-state index contributed by atoms with van der Waals surface area (Å²) in [7, 11) is 0. The minimum Gasteiger partial charge on any atom is -0.482 e. The molecule has 7 nitrogen and oxygen atoms in total. The van der Waals surface area contributed by atoms with E-state index in [-0.39, 0.29) is 35.7 Å². The number of amides is 2. The highest BCUT2D eigenvalue weighted by Crippen LogP contribution is 2.37. The van der Waals surface area contributed by atoms with Crippen LogP contribution in [0.3, 0.4) is 0 Å². The van der Waals surface area contributed by atoms with E-state index in [2.05, 4.69) is 20.8 Å². The lowest BCUT2D eigenvalue weighted by atomic mass is 9.86. The predicted molar refractivity (Wildman–Crippen MR) is 134 cm³/mol. The van der Waals surface area contributed by atoms with Crippen molar-refractivity contribution in [2.45, 2.75) is 52.5 Å². The second-order valence-electron chi connectivity index (χ2n) is 10.2. The third-order valence-electron chi connectivity index (χ3n) is 6.61. The van der Waals surface area contributed by atoms with E-state index in [9.17, 15) is 14.4 Å². The summed E-state index contributed by atoms with van der Waals surface area (Å²) in [6.45, 7) is 9.84. The second-order valence-corrected chi connectivity index (χ2v) is 10.2. The normalized spacial score (nSPS) is 18.1. The van der Waals surface area contributed by atoms with E-state index in [1.54, 1.807) is 22.8 Å². The molecule has 1 saturated heterocycles. The lowest BCUT2D eigenvalue weighted by molar-refractivity contribution is -0.149. The van der Waals surface area contributed by atoms with Gasteiger partial charge in [-0.15, -0.1) is 0 Å². The predicted octanol–water partition coefficient (Wildman–Crippen LogP) is 4.33. The Labute approximate surface area is 207 Å². The summed E-state index contributed by atoms with van der Waals surface area (Å²) >= 11 is 0. The summed E-state index contributed by atoms with van der Waals surface area (Å²) < 4.78 is 10.8. The van der Waals surface area contributed by atoms with Gasteiger partial charge in [0.15, 0.2) is 6.61 Å². The summed E-state index contributed by atoms with van der Waals surface area (Å²) in [6, 6.07) is 13.4. The first-order valence-corrected chi connectivity index (χ1v) is 12.3. The van der Waals surface area contributed by atoms with Crippen molar-refractivity contribution in [2.24, 2.45) is 5.92 Å². The topological polar surface area (TPSA) is 76.2 Å². The standard InChI is InChI=1S/C28H34N2O5/c1-5-34-27(33)21-10-7-13-29(17-21)26(32)20-9-6-8-19(14-20)16-30-23-15-22(28(2,3)4)11-12-24(23)35-18-25(30)31/h6,8-9,11-12,14-15,21H,5,7,10,13,16-18H2,1-4H3. The van der Waals surface area contributed by atoms with Crippen molar-refractivity contribution in [2.75, 3.05) is 31.2 Å². The van der Waals surface area contributed by atoms with Gasteiger partial charge in [0.25, 0.3) is 11.8 Å². The number of carbonyl (C=O) groups is 3. The number of fused-ring (bicyclic) bond motifs is 1. The van der Waals surface area contributed by atoms with Crippen LogP contribution < -0.4 is 9.64 Å². The van der Waals surface area contributed by atoms with Gasteiger partial charge in [0.2, 0.25) is 0 Å². The number of hydrogen-bond acceptors (Lipinski definition) is 5. The van der Waals surface area contributed by atoms with Crippen LogP contribution in [0.4, 0.5) is 5.69 Å². The SMILES string of the molecule is CCOC(=O)C1CCCN(C(=O)c2cccc(CN3C(=O)COc4ccc(C(C)(C)C)cc43)c2)C1. The molecule has 1 fully saturated rings. The highest BCUT2D eigenvalue weighted by molar-refractivity contribution is 5.98. The third kappa shape index (κ3) is 5.50. The number of ether oxygens (including phenoxy) is 2. The van der Waals surface area contributed by atoms with Crippen LogP contribution in [0.1, 0.15) is 62.0 Å². The molecule has 186 valence electrons. The smallest absolute Gasteiger partial charge is 0.310 e. The van der Waals surface area contributed by atoms with Gasteiger partial charge in [-0.25, -0.2) is 0 Å². The van der Waals surface area contributed by atoms with Crippen LogP contribution in [0, 0.1) is 5.92 Å². The molecule has 0 aliphatic carbocycles. The molecule has 0 aromatic heterocycles. The maximum Gasteiger partial charge on any atom is 0.310 e. The van der Waals surface area contributed by atoms with Gasteiger partial charge in [-0.05, 0) is 60.6 Å². The Morgan fingerprint density at radius 2 is 1.94 bits per heavy atom. The molecule has 2 aliphatic rings. The molecular formula is C28H34N2O5. The van der Waals surface area contributed by atoms with Crippen molar-refractivity contribution in [3.63, 3.8) is 0 Å². The van der Waals surface area contributed by atoms with E-state index in [0.29, 0.717) is 37.6 Å². The number of carbonyl (C=O) groups excluding carboxylic acids is 3. The Morgan fingerprint density at radius 1 is 1.14 bits per heavy atom. The van der Waals surface area contributed by atoms with Crippen LogP contribution in [-0.2, 0) is 26.3 Å². The molecule has 0 radical (unpaired) electrons. The zero-order chi connectivity index (χ0) is 25.2. The van der Waals surface area contributed by atoms with E-state index in [0.717, 1.165) is 29.7 Å². The summed E-state index contributed by atoms with van der Waals surface area (Å²) in [5.74, 6) is -0.0606. The zero-order valence-corrected chi connectivity index (χ0v) is 21.0. The van der Waals surface area contributed by atoms with Crippen molar-refractivity contribution < 1.29 is 23.9 Å². The molecule has 2 aliphatic heterocycles. The first-order chi connectivity index (χ1) is 16.7. The van der Waals surface area contributed by atoms with Gasteiger partial charge in [-0.3, -0.25) is 14.4 Å². The summed E-state index contributed by atoms with van der Waals surface area (Å²) in [5.41, 5.74) is 3.21. The zero-order valence-electron chi connectivity index (χ0n) is 21.0. The van der Waals surface area contributed by atoms with E-state index in [1.165, 1.54) is 0 Å². The molecule has 2 heterocycles. The fraction of sp³-hybridized carbons (Fsp3) is 0.464. The highest BCUT2D eigenvalue weighted by atomic mass is 16.5. The lowest BCUT2D eigenvalue weighted by Crippen LogP contribution is -2.43. The molecule has 2 amide bonds. The molecule has 35 heavy (non-hydrogen) atoms. The van der Waals surface area contributed by atoms with Gasteiger partial charge < -0.3 is 19.3 Å². The van der Waals surface area contributed by atoms with Crippen molar-refractivity contribution in [1.82, 2.24) is 4.90 Å². The molecule has 1 atom stereocenters. The van der Waals surface area contributed by atoms with Crippen molar-refractivity contribution >= 4 is 23.5 Å². The molecule has 0 bridgehead atoms. The minimum atomic E-state index is -0.282. The molecule has 0 N–H and O–H groups in total. The van der Waals surface area contributed by atoms with Crippen LogP contribution in [0.5, 0.6) is 5.75 Å². The van der Waals surface area contributed by atoms with Crippen LogP contribution in [0.2, 0.25) is 0 Å². The number of esters is 1. The lowest BCUT2D eigenvalue weighted by Gasteiger charge is -2.32. The fourth-order valence-corrected chi connectivity index (χ4v) is 4.62. The second kappa shape index (κ2) is 10.1. The number of likely N-dealkylation sites (tertiary alicyclic amines) is 1. The van der Waals surface area contributed by atoms with Crippen molar-refractivity contribution in [1.29, 1.82) is 0 Å². The average molecular weight is 479 g/mol. The average Bonchev–Trinajstić information content (AvgIpc) is 2.85. The molecule has 1 unspecified atom stereocenters. The van der Waals surface area contributed by atoms with Gasteiger partial charge in [0, 0.05) is 18.7 Å². The number of hydrogen-bond donors (Lipinski definition) is 0. The Balaban J connectivity index is 1.54. The Kier molecular flexibility index (Phi) is 7.15. The van der Waals surface area contributed by atoms with Gasteiger partial charge in [-0.1, -0.05) is 39.0 Å². The van der Waals surface area contributed by atoms with Gasteiger partial charge in [-0.2, -0.15) is 0 Å². The molecule has 7 heteroatoms. The summed E-state index contributed by atoms with van der Waals surface area (Å²) in [5, 5.41) is 0. The van der Waals surface area contributed by atoms with E-state index < -0.39 is 0 Å². The molecular weight excluding hydrogens is 444 g/mol. The number of benzene rings is 2. The van der Waals surface area contributed by atoms with Crippen molar-refractivity contribution in [3.05, 3.63) is 59.2 Å². The van der Waals surface area contributed by atoms with E-state index in [4.69, 9.17) is 9.47 Å². The number of piperidine rings is 1. The van der Waals surface area contributed by atoms with Crippen LogP contribution in [0.15, 0.2) is 42.5 Å². The minimum absolute atomic E-state index is 0.0104. The quantitative estimate of drug-likeness (QED) is 0.598. The summed E-state index contributed by atoms with van der Waals surface area (Å²) in [4.78, 5) is 41.7. The Hall–Kier alpha value is -3.35. The number of nitrogens with zero attached hydrogens (tertiary/aromatic N) is 2. The third-order valence-corrected chi connectivity index (χ3v) is 6.61. The number of anilines is 1. The summed E-state index contributed by atoms with van der Waals surface area (Å²) in [6.07, 6.45) is 1.50. The van der Waals surface area contributed by atoms with Gasteiger partial charge >= 0.3 is 5.97 Å². The van der Waals surface area contributed by atoms with Gasteiger partial charge in [0.1, 0.15) is 5.75 Å².